The van der Waals surface area contributed by atoms with Gasteiger partial charge in [-0.1, -0.05) is 30.3 Å². The maximum atomic E-state index is 12.6. The van der Waals surface area contributed by atoms with E-state index in [1.165, 1.54) is 6.07 Å². The van der Waals surface area contributed by atoms with E-state index in [4.69, 9.17) is 9.47 Å². The van der Waals surface area contributed by atoms with E-state index in [0.717, 1.165) is 46.0 Å². The number of H-pyrrole nitrogens is 1. The van der Waals surface area contributed by atoms with E-state index in [-0.39, 0.29) is 11.1 Å². The van der Waals surface area contributed by atoms with E-state index >= 15 is 0 Å². The van der Waals surface area contributed by atoms with Crippen molar-refractivity contribution in [1.82, 2.24) is 9.55 Å². The first-order valence-electron chi connectivity index (χ1n) is 11.7. The van der Waals surface area contributed by atoms with Gasteiger partial charge in [0.05, 0.1) is 17.6 Å². The molecule has 5 rings (SSSR count). The summed E-state index contributed by atoms with van der Waals surface area (Å²) in [7, 11) is 0. The number of ether oxygens (including phenoxy) is 2. The lowest BCUT2D eigenvalue weighted by molar-refractivity contribution is 0.303. The molecule has 6 nitrogen and oxygen atoms in total. The van der Waals surface area contributed by atoms with Crippen molar-refractivity contribution in [3.05, 3.63) is 117 Å². The normalized spacial score (nSPS) is 11.1. The second kappa shape index (κ2) is 10.3. The Kier molecular flexibility index (Phi) is 6.61. The van der Waals surface area contributed by atoms with Gasteiger partial charge < -0.3 is 19.0 Å². The van der Waals surface area contributed by atoms with Crippen LogP contribution in [0.25, 0.3) is 21.8 Å². The second-order valence-electron chi connectivity index (χ2n) is 8.45. The minimum atomic E-state index is -0.135. The van der Waals surface area contributed by atoms with Gasteiger partial charge in [0.1, 0.15) is 18.1 Å². The number of fused-ring (bicyclic) bond motifs is 2. The molecule has 35 heavy (non-hydrogen) atoms. The van der Waals surface area contributed by atoms with Crippen LogP contribution < -0.4 is 20.6 Å². The predicted octanol–water partition coefficient (Wildman–Crippen LogP) is 5.28. The highest BCUT2D eigenvalue weighted by atomic mass is 16.5. The Labute approximate surface area is 202 Å². The Morgan fingerprint density at radius 1 is 0.714 bits per heavy atom. The topological polar surface area (TPSA) is 73.3 Å². The number of hydrogen-bond acceptors (Lipinski definition) is 4. The standard InChI is InChI=1S/C29H26N2O4/c32-28-14-10-22-8-12-24(18-26(22)30-28)34-17-5-4-16-31-27-19-25(13-9-23(27)11-15-29(31)33)35-20-21-6-2-1-3-7-21/h1-3,6-15,18-19H,4-5,16-17,20H2,(H,30,32). The van der Waals surface area contributed by atoms with E-state index in [0.29, 0.717) is 25.5 Å². The van der Waals surface area contributed by atoms with Gasteiger partial charge >= 0.3 is 0 Å². The SMILES string of the molecule is O=c1ccc2ccc(OCCCCn3c(=O)ccc4ccc(OCc5ccccc5)cc43)cc2[nH]1. The second-order valence-corrected chi connectivity index (χ2v) is 8.45. The average Bonchev–Trinajstić information content (AvgIpc) is 2.88. The minimum absolute atomic E-state index is 0.0305. The lowest BCUT2D eigenvalue weighted by Crippen LogP contribution is -2.19. The van der Waals surface area contributed by atoms with Gasteiger partial charge in [-0.25, -0.2) is 0 Å². The predicted molar refractivity (Wildman–Crippen MR) is 138 cm³/mol. The van der Waals surface area contributed by atoms with Crippen LogP contribution in [-0.2, 0) is 13.2 Å². The molecule has 0 atom stereocenters. The van der Waals surface area contributed by atoms with Gasteiger partial charge in [0.25, 0.3) is 5.56 Å². The van der Waals surface area contributed by atoms with E-state index in [2.05, 4.69) is 4.98 Å². The van der Waals surface area contributed by atoms with Gasteiger partial charge in [-0.3, -0.25) is 9.59 Å². The number of unbranched alkanes of at least 4 members (excludes halogenated alkanes) is 1. The van der Waals surface area contributed by atoms with Crippen molar-refractivity contribution >= 4 is 21.8 Å². The Morgan fingerprint density at radius 2 is 1.46 bits per heavy atom. The third kappa shape index (κ3) is 5.44. The third-order valence-electron chi connectivity index (χ3n) is 5.95. The monoisotopic (exact) mass is 466 g/mol. The minimum Gasteiger partial charge on any atom is -0.494 e. The number of nitrogens with zero attached hydrogens (tertiary/aromatic N) is 1. The zero-order valence-electron chi connectivity index (χ0n) is 19.3. The molecule has 176 valence electrons. The molecule has 0 aliphatic rings. The molecule has 0 aliphatic heterocycles. The highest BCUT2D eigenvalue weighted by molar-refractivity contribution is 5.80. The lowest BCUT2D eigenvalue weighted by Gasteiger charge is -2.13. The fourth-order valence-electron chi connectivity index (χ4n) is 4.11. The number of benzene rings is 3. The van der Waals surface area contributed by atoms with Crippen LogP contribution in [0, 0.1) is 0 Å². The zero-order valence-corrected chi connectivity index (χ0v) is 19.3. The van der Waals surface area contributed by atoms with Crippen molar-refractivity contribution < 1.29 is 9.47 Å². The quantitative estimate of drug-likeness (QED) is 0.300. The van der Waals surface area contributed by atoms with Crippen LogP contribution in [-0.4, -0.2) is 16.2 Å². The Bertz CT molecular complexity index is 1570. The Balaban J connectivity index is 1.21. The van der Waals surface area contributed by atoms with Crippen LogP contribution in [0.15, 0.2) is 101 Å². The molecule has 0 amide bonds. The number of nitrogens with one attached hydrogen (secondary N) is 1. The van der Waals surface area contributed by atoms with E-state index in [1.807, 2.05) is 72.8 Å². The summed E-state index contributed by atoms with van der Waals surface area (Å²) in [5, 5.41) is 1.96. The zero-order chi connectivity index (χ0) is 24.0. The molecular formula is C29H26N2O4. The van der Waals surface area contributed by atoms with Crippen LogP contribution in [0.4, 0.5) is 0 Å². The van der Waals surface area contributed by atoms with Gasteiger partial charge in [-0.05, 0) is 65.6 Å². The molecule has 0 radical (unpaired) electrons. The molecule has 3 aromatic carbocycles. The van der Waals surface area contributed by atoms with Crippen LogP contribution >= 0.6 is 0 Å². The molecule has 1 N–H and O–H groups in total. The first kappa shape index (κ1) is 22.5. The molecular weight excluding hydrogens is 440 g/mol. The fraction of sp³-hybridized carbons (Fsp3) is 0.172. The summed E-state index contributed by atoms with van der Waals surface area (Å²) >= 11 is 0. The van der Waals surface area contributed by atoms with Gasteiger partial charge in [0, 0.05) is 30.8 Å². The van der Waals surface area contributed by atoms with Crippen LogP contribution in [0.3, 0.4) is 0 Å². The Hall–Kier alpha value is -4.32. The summed E-state index contributed by atoms with van der Waals surface area (Å²) in [6.07, 6.45) is 1.58. The van der Waals surface area contributed by atoms with Crippen molar-refractivity contribution in [2.45, 2.75) is 26.0 Å². The number of hydrogen-bond donors (Lipinski definition) is 1. The summed E-state index contributed by atoms with van der Waals surface area (Å²) in [4.78, 5) is 27.0. The summed E-state index contributed by atoms with van der Waals surface area (Å²) in [5.74, 6) is 1.44. The molecule has 0 saturated heterocycles. The maximum absolute atomic E-state index is 12.6. The summed E-state index contributed by atoms with van der Waals surface area (Å²) in [6.45, 7) is 1.59. The molecule has 0 aliphatic carbocycles. The van der Waals surface area contributed by atoms with Crippen molar-refractivity contribution in [3.8, 4) is 11.5 Å². The molecule has 0 unspecified atom stereocenters. The number of pyridine rings is 2. The molecule has 5 aromatic rings. The Morgan fingerprint density at radius 3 is 2.31 bits per heavy atom. The van der Waals surface area contributed by atoms with Gasteiger partial charge in [-0.15, -0.1) is 0 Å². The highest BCUT2D eigenvalue weighted by Crippen LogP contribution is 2.22. The van der Waals surface area contributed by atoms with Crippen LogP contribution in [0.1, 0.15) is 18.4 Å². The van der Waals surface area contributed by atoms with Gasteiger partial charge in [0.2, 0.25) is 5.56 Å². The number of aryl methyl sites for hydroxylation is 1. The number of aromatic amines is 1. The van der Waals surface area contributed by atoms with E-state index < -0.39 is 0 Å². The molecule has 2 aromatic heterocycles. The van der Waals surface area contributed by atoms with Gasteiger partial charge in [0.15, 0.2) is 0 Å². The number of rotatable bonds is 9. The first-order chi connectivity index (χ1) is 17.2. The number of aromatic nitrogens is 2. The summed E-state index contributed by atoms with van der Waals surface area (Å²) in [6, 6.07) is 28.3. The highest BCUT2D eigenvalue weighted by Gasteiger charge is 2.06. The van der Waals surface area contributed by atoms with Gasteiger partial charge in [-0.2, -0.15) is 0 Å². The molecule has 0 fully saturated rings. The first-order valence-corrected chi connectivity index (χ1v) is 11.7. The van der Waals surface area contributed by atoms with Crippen LogP contribution in [0.5, 0.6) is 11.5 Å². The smallest absolute Gasteiger partial charge is 0.251 e. The third-order valence-corrected chi connectivity index (χ3v) is 5.95. The summed E-state index contributed by atoms with van der Waals surface area (Å²) in [5.41, 5.74) is 2.54. The van der Waals surface area contributed by atoms with Crippen LogP contribution in [0.2, 0.25) is 0 Å². The van der Waals surface area contributed by atoms with E-state index in [9.17, 15) is 9.59 Å². The summed E-state index contributed by atoms with van der Waals surface area (Å²) < 4.78 is 13.6. The molecule has 6 heteroatoms. The molecule has 0 saturated carbocycles. The molecule has 0 spiro atoms. The van der Waals surface area contributed by atoms with Crippen molar-refractivity contribution in [2.24, 2.45) is 0 Å². The molecule has 2 heterocycles. The average molecular weight is 467 g/mol. The van der Waals surface area contributed by atoms with E-state index in [1.54, 1.807) is 16.7 Å². The largest absolute Gasteiger partial charge is 0.494 e. The maximum Gasteiger partial charge on any atom is 0.251 e. The van der Waals surface area contributed by atoms with Crippen molar-refractivity contribution in [3.63, 3.8) is 0 Å². The lowest BCUT2D eigenvalue weighted by atomic mass is 10.2. The van der Waals surface area contributed by atoms with Crippen molar-refractivity contribution in [1.29, 1.82) is 0 Å². The fourth-order valence-corrected chi connectivity index (χ4v) is 4.11. The van der Waals surface area contributed by atoms with Crippen molar-refractivity contribution in [2.75, 3.05) is 6.61 Å². The molecule has 0 bridgehead atoms.